The molecule has 0 amide bonds. The summed E-state index contributed by atoms with van der Waals surface area (Å²) in [6.45, 7) is 19.9. The molecule has 6 aromatic rings. The van der Waals surface area contributed by atoms with Gasteiger partial charge in [0.05, 0.1) is 19.4 Å². The standard InChI is InChI=1S/C20H21Cl.2C13H16O.C11H16ClO3P.C7H6Cl2/c1-20(2,3)18-12-8-16(9-13-18)6-4-5-7-17-10-14-19(21)15-11-17;2*1-11(2)10-13-7-5-12(6-8-13)4-3-9-14;1-3-14-16(13,15-4-2)9-10-5-7-11(12)8-6-10;8-5-6-1-3-7(9)4-2-6/h4-15H,1-3H3;2*3-9,11H,10H2,1-2H3;5-8H,3-4,9H2,1-2H3;1-4H,5H2/b6-4+,7-5+;2*4-3+;;. The van der Waals surface area contributed by atoms with Crippen LogP contribution in [0.3, 0.4) is 0 Å². The maximum absolute atomic E-state index is 12.2. The third-order valence-electron chi connectivity index (χ3n) is 10.3. The van der Waals surface area contributed by atoms with Gasteiger partial charge in [-0.15, -0.1) is 11.6 Å². The largest absolute Gasteiger partial charge is 0.335 e. The van der Waals surface area contributed by atoms with Crippen LogP contribution < -0.4 is 0 Å². The minimum atomic E-state index is -3.00. The maximum atomic E-state index is 12.2. The van der Waals surface area contributed by atoms with Crippen molar-refractivity contribution in [1.29, 1.82) is 0 Å². The SMILES string of the molecule is CC(C)(C)c1ccc(/C=C/C=C/c2ccc(Cl)cc2)cc1.CC(C)Cc1ccc(/C=C/C=O)cc1.CC(C)Cc1ccc(/C=C/C=O)cc1.CCOP(=O)(Cc1ccc(Cl)cc1)OCC.ClCc1ccc(Cl)cc1. The van der Waals surface area contributed by atoms with Gasteiger partial charge in [-0.05, 0) is 143 Å². The first-order valence-electron chi connectivity index (χ1n) is 24.9. The van der Waals surface area contributed by atoms with Crippen LogP contribution in [0.5, 0.6) is 0 Å². The van der Waals surface area contributed by atoms with E-state index >= 15 is 0 Å². The Bertz CT molecular complexity index is 2550. The molecule has 0 radical (unpaired) electrons. The summed E-state index contributed by atoms with van der Waals surface area (Å²) >= 11 is 22.8. The monoisotopic (exact) mass is 1090 g/mol. The summed E-state index contributed by atoms with van der Waals surface area (Å²) < 4.78 is 22.6. The molecule has 394 valence electrons. The quantitative estimate of drug-likeness (QED) is 0.0282. The number of benzene rings is 6. The Balaban J connectivity index is 0.000000324. The second-order valence-corrected chi connectivity index (χ2v) is 22.4. The predicted molar refractivity (Wildman–Crippen MR) is 322 cm³/mol. The molecule has 0 unspecified atom stereocenters. The summed E-state index contributed by atoms with van der Waals surface area (Å²) in [5.41, 5.74) is 10.8. The molecule has 0 saturated carbocycles. The lowest BCUT2D eigenvalue weighted by molar-refractivity contribution is -0.104. The van der Waals surface area contributed by atoms with E-state index in [1.807, 2.05) is 103 Å². The van der Waals surface area contributed by atoms with Gasteiger partial charge in [0.1, 0.15) is 12.6 Å². The number of halogens is 4. The van der Waals surface area contributed by atoms with Gasteiger partial charge in [-0.25, -0.2) is 0 Å². The first-order chi connectivity index (χ1) is 35.3. The minimum Gasteiger partial charge on any atom is -0.309 e. The lowest BCUT2D eigenvalue weighted by Gasteiger charge is -2.18. The highest BCUT2D eigenvalue weighted by Crippen LogP contribution is 2.51. The van der Waals surface area contributed by atoms with Gasteiger partial charge in [0.2, 0.25) is 0 Å². The smallest absolute Gasteiger partial charge is 0.309 e. The molecule has 0 atom stereocenters. The molecule has 6 rings (SSSR count). The average Bonchev–Trinajstić information content (AvgIpc) is 3.37. The van der Waals surface area contributed by atoms with Crippen molar-refractivity contribution in [2.75, 3.05) is 13.2 Å². The molecule has 0 saturated heterocycles. The van der Waals surface area contributed by atoms with Crippen molar-refractivity contribution < 1.29 is 23.2 Å². The first-order valence-corrected chi connectivity index (χ1v) is 28.3. The number of hydrogen-bond donors (Lipinski definition) is 0. The molecule has 0 aliphatic carbocycles. The van der Waals surface area contributed by atoms with E-state index in [2.05, 4.69) is 115 Å². The molecule has 74 heavy (non-hydrogen) atoms. The fourth-order valence-electron chi connectivity index (χ4n) is 6.68. The van der Waals surface area contributed by atoms with Crippen LogP contribution in [0.15, 0.2) is 170 Å². The molecule has 0 aliphatic rings. The van der Waals surface area contributed by atoms with E-state index in [9.17, 15) is 14.2 Å². The topological polar surface area (TPSA) is 69.7 Å². The fourth-order valence-corrected chi connectivity index (χ4v) is 8.94. The van der Waals surface area contributed by atoms with Crippen LogP contribution in [0, 0.1) is 11.8 Å². The number of carbonyl (C=O) groups is 2. The number of alkyl halides is 1. The Morgan fingerprint density at radius 1 is 0.459 bits per heavy atom. The highest BCUT2D eigenvalue weighted by molar-refractivity contribution is 7.53. The minimum absolute atomic E-state index is 0.205. The molecular weight excluding hydrogens is 1020 g/mol. The average molecular weight is 1100 g/mol. The van der Waals surface area contributed by atoms with Crippen molar-refractivity contribution in [3.05, 3.63) is 235 Å². The van der Waals surface area contributed by atoms with Gasteiger partial charge < -0.3 is 9.05 Å². The molecular formula is C64H75Cl4O5P. The van der Waals surface area contributed by atoms with Gasteiger partial charge in [0.25, 0.3) is 0 Å². The van der Waals surface area contributed by atoms with Crippen LogP contribution in [0.2, 0.25) is 15.1 Å². The summed E-state index contributed by atoms with van der Waals surface area (Å²) in [6.07, 6.45) is 19.0. The van der Waals surface area contributed by atoms with Crippen molar-refractivity contribution in [2.24, 2.45) is 11.8 Å². The number of allylic oxidation sites excluding steroid dienone is 4. The van der Waals surface area contributed by atoms with Crippen LogP contribution in [0.4, 0.5) is 0 Å². The van der Waals surface area contributed by atoms with Gasteiger partial charge in [0.15, 0.2) is 0 Å². The zero-order valence-corrected chi connectivity index (χ0v) is 48.4. The van der Waals surface area contributed by atoms with Crippen molar-refractivity contribution in [1.82, 2.24) is 0 Å². The highest BCUT2D eigenvalue weighted by Gasteiger charge is 2.23. The molecule has 0 aromatic heterocycles. The Kier molecular flexibility index (Phi) is 32.3. The van der Waals surface area contributed by atoms with E-state index in [1.165, 1.54) is 34.4 Å². The normalized spacial score (nSPS) is 11.4. The van der Waals surface area contributed by atoms with E-state index in [-0.39, 0.29) is 11.6 Å². The fraction of sp³-hybridized carbons (Fsp3) is 0.281. The summed E-state index contributed by atoms with van der Waals surface area (Å²) in [5.74, 6) is 1.93. The third kappa shape index (κ3) is 29.7. The second-order valence-electron chi connectivity index (χ2n) is 18.8. The van der Waals surface area contributed by atoms with Crippen molar-refractivity contribution in [2.45, 2.75) is 92.6 Å². The van der Waals surface area contributed by atoms with Crippen LogP contribution in [-0.4, -0.2) is 25.8 Å². The van der Waals surface area contributed by atoms with Crippen LogP contribution in [-0.2, 0) is 53.5 Å². The van der Waals surface area contributed by atoms with Crippen LogP contribution >= 0.6 is 54.0 Å². The molecule has 10 heteroatoms. The Hall–Kier alpha value is -5.07. The van der Waals surface area contributed by atoms with Gasteiger partial charge in [-0.2, -0.15) is 0 Å². The molecule has 0 spiro atoms. The zero-order chi connectivity index (χ0) is 54.8. The maximum Gasteiger partial charge on any atom is 0.335 e. The molecule has 0 fully saturated rings. The molecule has 5 nitrogen and oxygen atoms in total. The van der Waals surface area contributed by atoms with E-state index in [0.717, 1.165) is 63.3 Å². The number of carbonyl (C=O) groups excluding carboxylic acids is 2. The third-order valence-corrected chi connectivity index (χ3v) is 13.4. The molecule has 0 heterocycles. The summed E-state index contributed by atoms with van der Waals surface area (Å²) in [4.78, 5) is 20.2. The number of aldehydes is 2. The van der Waals surface area contributed by atoms with Crippen molar-refractivity contribution >= 4 is 90.9 Å². The van der Waals surface area contributed by atoms with Crippen LogP contribution in [0.25, 0.3) is 24.3 Å². The zero-order valence-electron chi connectivity index (χ0n) is 44.5. The molecule has 6 aromatic carbocycles. The van der Waals surface area contributed by atoms with Gasteiger partial charge in [-0.1, -0.05) is 229 Å². The van der Waals surface area contributed by atoms with E-state index in [0.29, 0.717) is 36.0 Å². The Morgan fingerprint density at radius 3 is 1.07 bits per heavy atom. The van der Waals surface area contributed by atoms with Crippen LogP contribution in [0.1, 0.15) is 112 Å². The van der Waals surface area contributed by atoms with E-state index < -0.39 is 7.60 Å². The lowest BCUT2D eigenvalue weighted by atomic mass is 9.87. The molecule has 0 bridgehead atoms. The number of rotatable bonds is 18. The molecule has 0 aliphatic heterocycles. The second kappa shape index (κ2) is 36.8. The number of hydrogen-bond acceptors (Lipinski definition) is 5. The molecule has 0 N–H and O–H groups in total. The highest BCUT2D eigenvalue weighted by atomic mass is 35.5. The lowest BCUT2D eigenvalue weighted by Crippen LogP contribution is -2.10. The Morgan fingerprint density at radius 2 is 0.757 bits per heavy atom. The Labute approximate surface area is 463 Å². The summed E-state index contributed by atoms with van der Waals surface area (Å²) in [5, 5.41) is 2.18. The van der Waals surface area contributed by atoms with Crippen molar-refractivity contribution in [3.8, 4) is 0 Å². The van der Waals surface area contributed by atoms with E-state index in [4.69, 9.17) is 55.5 Å². The first kappa shape index (κ1) is 65.0. The van der Waals surface area contributed by atoms with Gasteiger partial charge in [-0.3, -0.25) is 14.2 Å². The van der Waals surface area contributed by atoms with Crippen molar-refractivity contribution in [3.63, 3.8) is 0 Å². The van der Waals surface area contributed by atoms with Gasteiger partial charge in [0, 0.05) is 20.9 Å². The summed E-state index contributed by atoms with van der Waals surface area (Å²) in [7, 11) is -3.00. The predicted octanol–water partition coefficient (Wildman–Crippen LogP) is 19.7. The summed E-state index contributed by atoms with van der Waals surface area (Å²) in [6, 6.07) is 47.8. The van der Waals surface area contributed by atoms with E-state index in [1.54, 1.807) is 26.0 Å². The van der Waals surface area contributed by atoms with Gasteiger partial charge >= 0.3 is 7.60 Å².